The first-order chi connectivity index (χ1) is 17.2. The fourth-order valence-electron chi connectivity index (χ4n) is 4.80. The van der Waals surface area contributed by atoms with Gasteiger partial charge in [0.15, 0.2) is 0 Å². The van der Waals surface area contributed by atoms with Gasteiger partial charge in [-0.25, -0.2) is 8.42 Å². The fraction of sp³-hybridized carbons (Fsp3) is 0.222. The van der Waals surface area contributed by atoms with Crippen molar-refractivity contribution in [3.8, 4) is 0 Å². The number of nitrogens with one attached hydrogen (secondary N) is 1. The van der Waals surface area contributed by atoms with Crippen LogP contribution < -0.4 is 0 Å². The Morgan fingerprint density at radius 3 is 2.25 bits per heavy atom. The lowest BCUT2D eigenvalue weighted by Crippen LogP contribution is -2.39. The third-order valence-electron chi connectivity index (χ3n) is 6.65. The second-order valence-corrected chi connectivity index (χ2v) is 12.2. The van der Waals surface area contributed by atoms with E-state index < -0.39 is 9.84 Å². The molecule has 0 bridgehead atoms. The molecule has 1 amide bonds. The molecule has 3 aromatic carbocycles. The summed E-state index contributed by atoms with van der Waals surface area (Å²) in [7, 11) is -4.09. The van der Waals surface area contributed by atoms with Crippen molar-refractivity contribution >= 4 is 61.5 Å². The summed E-state index contributed by atoms with van der Waals surface area (Å²) in [5.41, 5.74) is 1.63. The highest BCUT2D eigenvalue weighted by molar-refractivity contribution is 7.91. The van der Waals surface area contributed by atoms with E-state index in [1.54, 1.807) is 4.90 Å². The molecule has 1 N–H and O–H groups in total. The lowest BCUT2D eigenvalue weighted by atomic mass is 9.90. The van der Waals surface area contributed by atoms with E-state index in [0.29, 0.717) is 29.5 Å². The molecule has 1 aliphatic heterocycles. The van der Waals surface area contributed by atoms with Crippen LogP contribution in [0, 0.1) is 5.92 Å². The number of hydrogen-bond acceptors (Lipinski definition) is 3. The summed E-state index contributed by atoms with van der Waals surface area (Å²) in [6.45, 7) is 1.08. The molecule has 9 heteroatoms. The van der Waals surface area contributed by atoms with Gasteiger partial charge in [0.1, 0.15) is 10.6 Å². The van der Waals surface area contributed by atoms with Crippen LogP contribution in [0.1, 0.15) is 28.9 Å². The van der Waals surface area contributed by atoms with Gasteiger partial charge in [-0.15, -0.1) is 0 Å². The van der Waals surface area contributed by atoms with Gasteiger partial charge < -0.3 is 9.88 Å². The van der Waals surface area contributed by atoms with Gasteiger partial charge in [0.05, 0.1) is 15.4 Å². The molecular weight excluding hydrogens is 539 g/mol. The number of aromatic nitrogens is 1. The lowest BCUT2D eigenvalue weighted by Gasteiger charge is -2.32. The van der Waals surface area contributed by atoms with Crippen LogP contribution in [0.3, 0.4) is 0 Å². The molecule has 1 saturated heterocycles. The summed E-state index contributed by atoms with van der Waals surface area (Å²) in [4.78, 5) is 18.3. The molecule has 36 heavy (non-hydrogen) atoms. The van der Waals surface area contributed by atoms with Gasteiger partial charge in [-0.1, -0.05) is 65.1 Å². The highest BCUT2D eigenvalue weighted by Crippen LogP contribution is 2.38. The molecule has 1 aliphatic rings. The molecule has 4 aromatic rings. The summed E-state index contributed by atoms with van der Waals surface area (Å²) in [6.07, 6.45) is 2.64. The number of carbonyl (C=O) groups is 1. The number of amides is 1. The number of carbonyl (C=O) groups excluding carboxylic acids is 1. The average molecular weight is 562 g/mol. The van der Waals surface area contributed by atoms with E-state index in [4.69, 9.17) is 34.8 Å². The first-order valence-electron chi connectivity index (χ1n) is 11.6. The van der Waals surface area contributed by atoms with Gasteiger partial charge in [-0.05, 0) is 67.1 Å². The van der Waals surface area contributed by atoms with E-state index in [2.05, 4.69) is 17.1 Å². The van der Waals surface area contributed by atoms with Crippen molar-refractivity contribution in [2.24, 2.45) is 5.92 Å². The number of fused-ring (bicyclic) bond motifs is 1. The third kappa shape index (κ3) is 4.88. The van der Waals surface area contributed by atoms with Crippen LogP contribution in [0.5, 0.6) is 0 Å². The Labute approximate surface area is 224 Å². The number of halogens is 3. The molecule has 1 aromatic heterocycles. The summed E-state index contributed by atoms with van der Waals surface area (Å²) < 4.78 is 27.6. The Morgan fingerprint density at radius 1 is 0.917 bits per heavy atom. The second kappa shape index (κ2) is 10.1. The minimum Gasteiger partial charge on any atom is -0.348 e. The number of aromatic amines is 1. The molecule has 0 saturated carbocycles. The summed E-state index contributed by atoms with van der Waals surface area (Å²) in [5.74, 6) is 0.0915. The van der Waals surface area contributed by atoms with E-state index in [1.165, 1.54) is 42.0 Å². The molecule has 5 rings (SSSR count). The van der Waals surface area contributed by atoms with Crippen molar-refractivity contribution < 1.29 is 13.2 Å². The Balaban J connectivity index is 1.50. The number of likely N-dealkylation sites (tertiary alicyclic amines) is 1. The number of nitrogens with zero attached hydrogens (tertiary/aromatic N) is 1. The van der Waals surface area contributed by atoms with E-state index in [0.717, 1.165) is 19.3 Å². The van der Waals surface area contributed by atoms with Crippen molar-refractivity contribution in [3.63, 3.8) is 0 Å². The van der Waals surface area contributed by atoms with Crippen LogP contribution in [-0.4, -0.2) is 37.3 Å². The molecule has 5 nitrogen and oxygen atoms in total. The molecule has 0 radical (unpaired) electrons. The second-order valence-electron chi connectivity index (χ2n) is 9.02. The summed E-state index contributed by atoms with van der Waals surface area (Å²) in [6, 6.07) is 19.2. The van der Waals surface area contributed by atoms with Gasteiger partial charge in [0.25, 0.3) is 5.91 Å². The molecule has 1 fully saturated rings. The Kier molecular flexibility index (Phi) is 7.05. The van der Waals surface area contributed by atoms with Crippen molar-refractivity contribution in [1.82, 2.24) is 9.88 Å². The van der Waals surface area contributed by atoms with E-state index >= 15 is 0 Å². The van der Waals surface area contributed by atoms with Crippen LogP contribution in [0.4, 0.5) is 0 Å². The normalized spacial score (nSPS) is 14.9. The Bertz CT molecular complexity index is 1530. The number of hydrogen-bond donors (Lipinski definition) is 1. The molecule has 2 heterocycles. The molecule has 0 unspecified atom stereocenters. The van der Waals surface area contributed by atoms with Crippen LogP contribution in [0.2, 0.25) is 15.1 Å². The minimum absolute atomic E-state index is 0.00868. The van der Waals surface area contributed by atoms with Gasteiger partial charge in [-0.3, -0.25) is 4.79 Å². The number of piperidine rings is 1. The number of rotatable bonds is 5. The van der Waals surface area contributed by atoms with Gasteiger partial charge in [0, 0.05) is 28.5 Å². The average Bonchev–Trinajstić information content (AvgIpc) is 3.25. The van der Waals surface area contributed by atoms with Gasteiger partial charge in [0.2, 0.25) is 9.84 Å². The monoisotopic (exact) mass is 560 g/mol. The molecule has 186 valence electrons. The zero-order valence-corrected chi connectivity index (χ0v) is 22.3. The standard InChI is InChI=1S/C27H23Cl3N2O3S/c28-19-6-8-21(9-7-19)36(34,35)26-22-15-20(29)16-23(30)24(22)31-25(26)27(33)32-12-10-18(11-13-32)14-17-4-2-1-3-5-17/h1-9,15-16,18,31H,10-14H2. The smallest absolute Gasteiger partial charge is 0.271 e. The number of benzene rings is 3. The number of H-pyrrole nitrogens is 1. The van der Waals surface area contributed by atoms with Gasteiger partial charge in [-0.2, -0.15) is 0 Å². The topological polar surface area (TPSA) is 70.2 Å². The predicted molar refractivity (Wildman–Crippen MR) is 144 cm³/mol. The first-order valence-corrected chi connectivity index (χ1v) is 14.2. The van der Waals surface area contributed by atoms with E-state index in [-0.39, 0.29) is 36.8 Å². The van der Waals surface area contributed by atoms with Crippen molar-refractivity contribution in [2.75, 3.05) is 13.1 Å². The van der Waals surface area contributed by atoms with Crippen molar-refractivity contribution in [3.05, 3.63) is 93.1 Å². The summed E-state index contributed by atoms with van der Waals surface area (Å²) >= 11 is 18.6. The maximum atomic E-state index is 13.8. The zero-order chi connectivity index (χ0) is 25.4. The highest BCUT2D eigenvalue weighted by Gasteiger charge is 2.34. The van der Waals surface area contributed by atoms with Crippen LogP contribution in [-0.2, 0) is 16.3 Å². The Morgan fingerprint density at radius 2 is 1.58 bits per heavy atom. The fourth-order valence-corrected chi connectivity index (χ4v) is 7.06. The van der Waals surface area contributed by atoms with E-state index in [1.807, 2.05) is 18.2 Å². The maximum absolute atomic E-state index is 13.8. The molecule has 0 atom stereocenters. The molecule has 0 spiro atoms. The zero-order valence-electron chi connectivity index (χ0n) is 19.2. The summed E-state index contributed by atoms with van der Waals surface area (Å²) in [5, 5.41) is 1.21. The maximum Gasteiger partial charge on any atom is 0.271 e. The van der Waals surface area contributed by atoms with Crippen molar-refractivity contribution in [2.45, 2.75) is 29.1 Å². The predicted octanol–water partition coefficient (Wildman–Crippen LogP) is 7.06. The molecule has 0 aliphatic carbocycles. The Hall–Kier alpha value is -2.51. The van der Waals surface area contributed by atoms with Crippen LogP contribution in [0.25, 0.3) is 10.9 Å². The highest BCUT2D eigenvalue weighted by atomic mass is 35.5. The SMILES string of the molecule is O=C(c1[nH]c2c(Cl)cc(Cl)cc2c1S(=O)(=O)c1ccc(Cl)cc1)N1CCC(Cc2ccccc2)CC1. The third-order valence-corrected chi connectivity index (χ3v) is 9.27. The van der Waals surface area contributed by atoms with Crippen LogP contribution >= 0.6 is 34.8 Å². The first kappa shape index (κ1) is 25.2. The largest absolute Gasteiger partial charge is 0.348 e. The quantitative estimate of drug-likeness (QED) is 0.284. The van der Waals surface area contributed by atoms with Crippen molar-refractivity contribution in [1.29, 1.82) is 0 Å². The van der Waals surface area contributed by atoms with E-state index in [9.17, 15) is 13.2 Å². The van der Waals surface area contributed by atoms with Gasteiger partial charge >= 0.3 is 0 Å². The lowest BCUT2D eigenvalue weighted by molar-refractivity contribution is 0.0681. The molecular formula is C27H23Cl3N2O3S. The number of sulfone groups is 1. The van der Waals surface area contributed by atoms with Crippen LogP contribution in [0.15, 0.2) is 76.5 Å². The minimum atomic E-state index is -4.09.